The summed E-state index contributed by atoms with van der Waals surface area (Å²) in [6, 6.07) is 10.6. The number of carbonyl (C=O) groups excluding carboxylic acids is 1. The molecule has 2 aromatic carbocycles. The number of rotatable bonds is 2. The average Bonchev–Trinajstić information content (AvgIpc) is 2.57. The van der Waals surface area contributed by atoms with Gasteiger partial charge in [-0.15, -0.1) is 0 Å². The standard InChI is InChI=1S/C20H14Cl4O/c21-16-6-2-7-17(22)14(16)10-12-4-1-5-13(20(12)25)11-15-18(23)8-3-9-19(15)24/h2-3,6-11H,1,4-5H2/b12-10-,13-11-. The molecule has 1 aliphatic carbocycles. The van der Waals surface area contributed by atoms with Gasteiger partial charge in [-0.25, -0.2) is 0 Å². The van der Waals surface area contributed by atoms with E-state index in [2.05, 4.69) is 0 Å². The normalized spacial score (nSPS) is 18.2. The minimum Gasteiger partial charge on any atom is -0.289 e. The summed E-state index contributed by atoms with van der Waals surface area (Å²) in [5.41, 5.74) is 2.73. The lowest BCUT2D eigenvalue weighted by atomic mass is 9.87. The molecule has 5 heteroatoms. The third kappa shape index (κ3) is 4.12. The highest BCUT2D eigenvalue weighted by Gasteiger charge is 2.22. The third-order valence-electron chi connectivity index (χ3n) is 4.11. The van der Waals surface area contributed by atoms with Gasteiger partial charge in [0.05, 0.1) is 0 Å². The van der Waals surface area contributed by atoms with Gasteiger partial charge in [0.15, 0.2) is 5.78 Å². The highest BCUT2D eigenvalue weighted by molar-refractivity contribution is 6.38. The van der Waals surface area contributed by atoms with Crippen LogP contribution >= 0.6 is 46.4 Å². The number of Topliss-reactive ketones (excluding diaryl/α,β-unsaturated/α-hetero) is 1. The van der Waals surface area contributed by atoms with Crippen LogP contribution in [0.25, 0.3) is 12.2 Å². The maximum atomic E-state index is 12.9. The van der Waals surface area contributed by atoms with Crippen LogP contribution in [0.3, 0.4) is 0 Å². The number of hydrogen-bond acceptors (Lipinski definition) is 1. The van der Waals surface area contributed by atoms with Crippen molar-refractivity contribution in [2.45, 2.75) is 19.3 Å². The number of allylic oxidation sites excluding steroid dienone is 2. The van der Waals surface area contributed by atoms with Crippen LogP contribution < -0.4 is 0 Å². The Bertz CT molecular complexity index is 785. The Kier molecular flexibility index (Phi) is 5.91. The summed E-state index contributed by atoms with van der Waals surface area (Å²) in [6.07, 6.45) is 5.82. The molecule has 0 unspecified atom stereocenters. The van der Waals surface area contributed by atoms with Crippen LogP contribution in [0.4, 0.5) is 0 Å². The van der Waals surface area contributed by atoms with Crippen molar-refractivity contribution >= 4 is 64.3 Å². The van der Waals surface area contributed by atoms with Crippen LogP contribution in [0.15, 0.2) is 47.5 Å². The molecule has 1 aliphatic rings. The summed E-state index contributed by atoms with van der Waals surface area (Å²) in [7, 11) is 0. The largest absolute Gasteiger partial charge is 0.289 e. The summed E-state index contributed by atoms with van der Waals surface area (Å²) in [6.45, 7) is 0. The van der Waals surface area contributed by atoms with E-state index in [4.69, 9.17) is 46.4 Å². The summed E-state index contributed by atoms with van der Waals surface area (Å²) < 4.78 is 0. The Morgan fingerprint density at radius 1 is 0.680 bits per heavy atom. The zero-order valence-corrected chi connectivity index (χ0v) is 16.2. The SMILES string of the molecule is O=C1/C(=C\c2c(Cl)cccc2Cl)CCC/C1=C/c1c(Cl)cccc1Cl. The van der Waals surface area contributed by atoms with Gasteiger partial charge in [0.2, 0.25) is 0 Å². The van der Waals surface area contributed by atoms with Crippen molar-refractivity contribution in [1.82, 2.24) is 0 Å². The van der Waals surface area contributed by atoms with E-state index in [9.17, 15) is 4.79 Å². The molecule has 0 spiro atoms. The maximum Gasteiger partial charge on any atom is 0.185 e. The van der Waals surface area contributed by atoms with Gasteiger partial charge in [0.25, 0.3) is 0 Å². The van der Waals surface area contributed by atoms with Gasteiger partial charge in [-0.3, -0.25) is 4.79 Å². The van der Waals surface area contributed by atoms with Gasteiger partial charge >= 0.3 is 0 Å². The molecular weight excluding hydrogens is 398 g/mol. The molecule has 3 rings (SSSR count). The van der Waals surface area contributed by atoms with E-state index in [1.54, 1.807) is 48.6 Å². The van der Waals surface area contributed by atoms with Gasteiger partial charge in [-0.05, 0) is 55.7 Å². The molecule has 0 heterocycles. The Labute approximate surface area is 166 Å². The quantitative estimate of drug-likeness (QED) is 0.467. The second-order valence-corrected chi connectivity index (χ2v) is 7.42. The minimum atomic E-state index is -0.0155. The Hall–Kier alpha value is -1.25. The van der Waals surface area contributed by atoms with Gasteiger partial charge < -0.3 is 0 Å². The van der Waals surface area contributed by atoms with Crippen molar-refractivity contribution < 1.29 is 4.79 Å². The molecule has 0 amide bonds. The maximum absolute atomic E-state index is 12.9. The molecule has 0 bridgehead atoms. The molecule has 2 aromatic rings. The average molecular weight is 412 g/mol. The smallest absolute Gasteiger partial charge is 0.185 e. The zero-order valence-electron chi connectivity index (χ0n) is 13.2. The lowest BCUT2D eigenvalue weighted by Crippen LogP contribution is -2.12. The minimum absolute atomic E-state index is 0.0155. The summed E-state index contributed by atoms with van der Waals surface area (Å²) >= 11 is 24.9. The Morgan fingerprint density at radius 3 is 1.40 bits per heavy atom. The van der Waals surface area contributed by atoms with E-state index < -0.39 is 0 Å². The number of carbonyl (C=O) groups is 1. The molecule has 0 aromatic heterocycles. The van der Waals surface area contributed by atoms with Gasteiger partial charge in [-0.1, -0.05) is 58.5 Å². The van der Waals surface area contributed by atoms with E-state index in [1.165, 1.54) is 0 Å². The lowest BCUT2D eigenvalue weighted by molar-refractivity contribution is -0.112. The number of halogens is 4. The molecule has 128 valence electrons. The van der Waals surface area contributed by atoms with E-state index in [0.717, 1.165) is 6.42 Å². The first-order valence-electron chi connectivity index (χ1n) is 7.81. The van der Waals surface area contributed by atoms with Crippen molar-refractivity contribution in [3.8, 4) is 0 Å². The first kappa shape index (κ1) is 18.5. The van der Waals surface area contributed by atoms with Crippen molar-refractivity contribution in [3.63, 3.8) is 0 Å². The fourth-order valence-corrected chi connectivity index (χ4v) is 3.84. The van der Waals surface area contributed by atoms with Gasteiger partial charge in [0.1, 0.15) is 0 Å². The van der Waals surface area contributed by atoms with E-state index >= 15 is 0 Å². The summed E-state index contributed by atoms with van der Waals surface area (Å²) in [4.78, 5) is 12.9. The van der Waals surface area contributed by atoms with Crippen molar-refractivity contribution in [3.05, 3.63) is 78.8 Å². The summed E-state index contributed by atoms with van der Waals surface area (Å²) in [5.74, 6) is -0.0155. The second kappa shape index (κ2) is 7.97. The molecule has 0 aliphatic heterocycles. The fraction of sp³-hybridized carbons (Fsp3) is 0.150. The molecule has 0 radical (unpaired) electrons. The van der Waals surface area contributed by atoms with E-state index in [1.807, 2.05) is 0 Å². The molecule has 1 saturated carbocycles. The second-order valence-electron chi connectivity index (χ2n) is 5.79. The zero-order chi connectivity index (χ0) is 18.0. The van der Waals surface area contributed by atoms with Crippen LogP contribution in [-0.2, 0) is 4.79 Å². The molecule has 1 nitrogen and oxygen atoms in total. The van der Waals surface area contributed by atoms with Crippen LogP contribution in [0.2, 0.25) is 20.1 Å². The molecule has 0 saturated heterocycles. The van der Waals surface area contributed by atoms with Crippen LogP contribution in [0.1, 0.15) is 30.4 Å². The number of ketones is 1. The first-order valence-corrected chi connectivity index (χ1v) is 9.32. The van der Waals surface area contributed by atoms with Crippen molar-refractivity contribution in [1.29, 1.82) is 0 Å². The van der Waals surface area contributed by atoms with E-state index in [-0.39, 0.29) is 5.78 Å². The lowest BCUT2D eigenvalue weighted by Gasteiger charge is -2.17. The van der Waals surface area contributed by atoms with Gasteiger partial charge in [0, 0.05) is 42.4 Å². The topological polar surface area (TPSA) is 17.1 Å². The fourth-order valence-electron chi connectivity index (χ4n) is 2.82. The monoisotopic (exact) mass is 410 g/mol. The highest BCUT2D eigenvalue weighted by Crippen LogP contribution is 2.34. The Balaban J connectivity index is 1.99. The van der Waals surface area contributed by atoms with E-state index in [0.29, 0.717) is 55.2 Å². The number of hydrogen-bond donors (Lipinski definition) is 0. The predicted molar refractivity (Wildman–Crippen MR) is 108 cm³/mol. The molecular formula is C20H14Cl4O. The summed E-state index contributed by atoms with van der Waals surface area (Å²) in [5, 5.41) is 2.10. The third-order valence-corrected chi connectivity index (χ3v) is 5.43. The van der Waals surface area contributed by atoms with Crippen LogP contribution in [-0.4, -0.2) is 5.78 Å². The van der Waals surface area contributed by atoms with Crippen molar-refractivity contribution in [2.75, 3.05) is 0 Å². The van der Waals surface area contributed by atoms with Crippen LogP contribution in [0, 0.1) is 0 Å². The first-order chi connectivity index (χ1) is 12.0. The molecule has 1 fully saturated rings. The molecule has 0 N–H and O–H groups in total. The molecule has 0 atom stereocenters. The molecule has 25 heavy (non-hydrogen) atoms. The van der Waals surface area contributed by atoms with Gasteiger partial charge in [-0.2, -0.15) is 0 Å². The van der Waals surface area contributed by atoms with Crippen molar-refractivity contribution in [2.24, 2.45) is 0 Å². The van der Waals surface area contributed by atoms with Crippen LogP contribution in [0.5, 0.6) is 0 Å². The number of benzene rings is 2. The highest BCUT2D eigenvalue weighted by atomic mass is 35.5. The predicted octanol–water partition coefficient (Wildman–Crippen LogP) is 7.52. The Morgan fingerprint density at radius 2 is 1.04 bits per heavy atom.